The highest BCUT2D eigenvalue weighted by molar-refractivity contribution is 9.10. The van der Waals surface area contributed by atoms with E-state index in [1.54, 1.807) is 0 Å². The average molecular weight is 553 g/mol. The average Bonchev–Trinajstić information content (AvgIpc) is 3.61. The van der Waals surface area contributed by atoms with E-state index in [0.717, 1.165) is 27.0 Å². The molecule has 0 bridgehead atoms. The molecule has 3 nitrogen and oxygen atoms in total. The molecule has 0 radical (unpaired) electrons. The van der Waals surface area contributed by atoms with E-state index in [-0.39, 0.29) is 0 Å². The maximum absolute atomic E-state index is 6.08. The molecule has 8 rings (SSSR count). The molecule has 1 aliphatic carbocycles. The number of hydrogen-bond acceptors (Lipinski definition) is 2. The van der Waals surface area contributed by atoms with Crippen LogP contribution in [0.1, 0.15) is 22.3 Å². The number of oxazole rings is 1. The van der Waals surface area contributed by atoms with Crippen molar-refractivity contribution in [1.82, 2.24) is 9.38 Å². The van der Waals surface area contributed by atoms with Gasteiger partial charge in [-0.25, -0.2) is 0 Å². The molecule has 5 aromatic carbocycles. The maximum atomic E-state index is 6.08. The van der Waals surface area contributed by atoms with Crippen LogP contribution in [0.4, 0.5) is 0 Å². The van der Waals surface area contributed by atoms with E-state index in [0.29, 0.717) is 5.84 Å². The molecular formula is C34H21BrN2O. The van der Waals surface area contributed by atoms with Crippen LogP contribution in [0.25, 0.3) is 39.3 Å². The van der Waals surface area contributed by atoms with Crippen molar-refractivity contribution in [3.05, 3.63) is 154 Å². The molecular weight excluding hydrogens is 532 g/mol. The zero-order chi connectivity index (χ0) is 25.3. The van der Waals surface area contributed by atoms with Crippen LogP contribution >= 0.6 is 15.9 Å². The van der Waals surface area contributed by atoms with Gasteiger partial charge in [0.05, 0.1) is 10.9 Å². The molecule has 0 unspecified atom stereocenters. The summed E-state index contributed by atoms with van der Waals surface area (Å²) in [5, 5.41) is 0. The van der Waals surface area contributed by atoms with Crippen LogP contribution in [0.3, 0.4) is 0 Å². The lowest BCUT2D eigenvalue weighted by Crippen LogP contribution is -2.28. The largest absolute Gasteiger partial charge is 0.423 e. The number of para-hydroxylation sites is 2. The highest BCUT2D eigenvalue weighted by atomic mass is 79.9. The molecule has 0 saturated carbocycles. The van der Waals surface area contributed by atoms with Gasteiger partial charge in [-0.2, -0.15) is 4.98 Å². The van der Waals surface area contributed by atoms with Gasteiger partial charge in [0, 0.05) is 5.56 Å². The lowest BCUT2D eigenvalue weighted by Gasteiger charge is -2.34. The first-order valence-electron chi connectivity index (χ1n) is 12.7. The minimum atomic E-state index is -0.442. The van der Waals surface area contributed by atoms with Crippen molar-refractivity contribution in [3.63, 3.8) is 0 Å². The topological polar surface area (TPSA) is 30.4 Å². The van der Waals surface area contributed by atoms with Gasteiger partial charge in [0.25, 0.3) is 0 Å². The van der Waals surface area contributed by atoms with Gasteiger partial charge in [0.2, 0.25) is 0 Å². The zero-order valence-corrected chi connectivity index (χ0v) is 21.9. The first kappa shape index (κ1) is 21.7. The Morgan fingerprint density at radius 3 is 2.03 bits per heavy atom. The first-order valence-corrected chi connectivity index (χ1v) is 13.5. The molecule has 1 aliphatic rings. The van der Waals surface area contributed by atoms with Gasteiger partial charge in [-0.05, 0) is 67.5 Å². The predicted octanol–water partition coefficient (Wildman–Crippen LogP) is 8.87. The van der Waals surface area contributed by atoms with E-state index >= 15 is 0 Å². The summed E-state index contributed by atoms with van der Waals surface area (Å²) in [5.74, 6) is 0.578. The summed E-state index contributed by atoms with van der Waals surface area (Å²) in [5.41, 5.74) is 10.9. The standard InChI is InChI=1S/C34H21BrN2O/c35-32-31(36-33-37(32)29-17-9-10-18-30(29)38-33)22-19-20-26-25-15-7-8-16-27(25)34(28(26)21-22,23-11-3-1-4-12-23)24-13-5-2-6-14-24/h1-21H. The van der Waals surface area contributed by atoms with Crippen LogP contribution in [0.2, 0.25) is 0 Å². The molecule has 0 saturated heterocycles. The van der Waals surface area contributed by atoms with E-state index < -0.39 is 5.41 Å². The molecule has 38 heavy (non-hydrogen) atoms. The Bertz CT molecular complexity index is 1950. The maximum Gasteiger partial charge on any atom is 0.308 e. The monoisotopic (exact) mass is 552 g/mol. The highest BCUT2D eigenvalue weighted by Gasteiger charge is 2.46. The van der Waals surface area contributed by atoms with Gasteiger partial charge < -0.3 is 4.42 Å². The number of nitrogens with zero attached hydrogens (tertiary/aromatic N) is 2. The summed E-state index contributed by atoms with van der Waals surface area (Å²) in [4.78, 5) is 4.94. The fourth-order valence-corrected chi connectivity index (χ4v) is 6.92. The van der Waals surface area contributed by atoms with Gasteiger partial charge in [-0.1, -0.05) is 109 Å². The Hall–Kier alpha value is -4.41. The lowest BCUT2D eigenvalue weighted by atomic mass is 9.67. The number of rotatable bonds is 3. The van der Waals surface area contributed by atoms with Crippen molar-refractivity contribution in [2.45, 2.75) is 5.41 Å². The fourth-order valence-electron chi connectivity index (χ4n) is 6.26. The van der Waals surface area contributed by atoms with Gasteiger partial charge in [-0.3, -0.25) is 4.40 Å². The molecule has 2 aromatic heterocycles. The molecule has 0 spiro atoms. The smallest absolute Gasteiger partial charge is 0.308 e. The molecule has 0 N–H and O–H groups in total. The second kappa shape index (κ2) is 8.04. The summed E-state index contributed by atoms with van der Waals surface area (Å²) in [7, 11) is 0. The second-order valence-corrected chi connectivity index (χ2v) is 10.5. The summed E-state index contributed by atoms with van der Waals surface area (Å²) in [6.45, 7) is 0. The van der Waals surface area contributed by atoms with Gasteiger partial charge in [-0.15, -0.1) is 0 Å². The Labute approximate surface area is 228 Å². The van der Waals surface area contributed by atoms with E-state index in [4.69, 9.17) is 9.40 Å². The molecule has 180 valence electrons. The third kappa shape index (κ3) is 2.81. The van der Waals surface area contributed by atoms with Gasteiger partial charge in [0.1, 0.15) is 10.3 Å². The summed E-state index contributed by atoms with van der Waals surface area (Å²) in [6, 6.07) is 45.3. The Kier molecular flexibility index (Phi) is 4.58. The van der Waals surface area contributed by atoms with Crippen molar-refractivity contribution in [3.8, 4) is 22.4 Å². The SMILES string of the molecule is Brc1c(-c2ccc3c(c2)C(c2ccccc2)(c2ccccc2)c2ccccc2-3)nc2oc3ccccc3n12. The molecule has 4 heteroatoms. The van der Waals surface area contributed by atoms with Gasteiger partial charge in [0.15, 0.2) is 5.58 Å². The third-order valence-corrected chi connectivity index (χ3v) is 8.56. The molecule has 2 heterocycles. The second-order valence-electron chi connectivity index (χ2n) is 9.73. The normalized spacial score (nSPS) is 13.6. The van der Waals surface area contributed by atoms with Crippen LogP contribution in [0.5, 0.6) is 0 Å². The molecule has 0 aliphatic heterocycles. The van der Waals surface area contributed by atoms with E-state index in [9.17, 15) is 0 Å². The minimum absolute atomic E-state index is 0.442. The van der Waals surface area contributed by atoms with Crippen molar-refractivity contribution in [2.75, 3.05) is 0 Å². The van der Waals surface area contributed by atoms with Crippen LogP contribution in [0, 0.1) is 0 Å². The molecule has 0 atom stereocenters. The van der Waals surface area contributed by atoms with E-state index in [1.807, 2.05) is 22.6 Å². The number of fused-ring (bicyclic) bond motifs is 6. The number of hydrogen-bond donors (Lipinski definition) is 0. The quantitative estimate of drug-likeness (QED) is 0.219. The van der Waals surface area contributed by atoms with E-state index in [1.165, 1.54) is 33.4 Å². The third-order valence-electron chi connectivity index (χ3n) is 7.83. The fraction of sp³-hybridized carbons (Fsp3) is 0.0294. The molecule has 0 fully saturated rings. The van der Waals surface area contributed by atoms with Gasteiger partial charge >= 0.3 is 5.84 Å². The lowest BCUT2D eigenvalue weighted by molar-refractivity contribution is 0.641. The summed E-state index contributed by atoms with van der Waals surface area (Å²) < 4.78 is 9.00. The van der Waals surface area contributed by atoms with Crippen molar-refractivity contribution in [2.24, 2.45) is 0 Å². The number of halogens is 1. The van der Waals surface area contributed by atoms with Crippen LogP contribution in [-0.2, 0) is 5.41 Å². The Balaban J connectivity index is 1.44. The highest BCUT2D eigenvalue weighted by Crippen LogP contribution is 2.56. The van der Waals surface area contributed by atoms with Crippen molar-refractivity contribution >= 4 is 32.9 Å². The first-order chi connectivity index (χ1) is 18.8. The van der Waals surface area contributed by atoms with Crippen molar-refractivity contribution < 1.29 is 4.42 Å². The van der Waals surface area contributed by atoms with Crippen LogP contribution in [0.15, 0.2) is 136 Å². The minimum Gasteiger partial charge on any atom is -0.423 e. The number of benzene rings is 5. The predicted molar refractivity (Wildman–Crippen MR) is 155 cm³/mol. The Morgan fingerprint density at radius 2 is 1.26 bits per heavy atom. The van der Waals surface area contributed by atoms with Crippen LogP contribution in [-0.4, -0.2) is 9.38 Å². The molecule has 7 aromatic rings. The Morgan fingerprint density at radius 1 is 0.632 bits per heavy atom. The molecule has 0 amide bonds. The number of imidazole rings is 1. The zero-order valence-electron chi connectivity index (χ0n) is 20.3. The summed E-state index contributed by atoms with van der Waals surface area (Å²) in [6.07, 6.45) is 0. The summed E-state index contributed by atoms with van der Waals surface area (Å²) >= 11 is 3.86. The van der Waals surface area contributed by atoms with Crippen molar-refractivity contribution in [1.29, 1.82) is 0 Å². The number of aromatic nitrogens is 2. The van der Waals surface area contributed by atoms with E-state index in [2.05, 4.69) is 125 Å². The van der Waals surface area contributed by atoms with Crippen LogP contribution < -0.4 is 0 Å².